The second-order valence-electron chi connectivity index (χ2n) is 20.7. The van der Waals surface area contributed by atoms with Gasteiger partial charge in [0, 0.05) is 6.42 Å². The van der Waals surface area contributed by atoms with E-state index in [2.05, 4.69) is 111 Å². The first-order chi connectivity index (χ1) is 37.7. The summed E-state index contributed by atoms with van der Waals surface area (Å²) in [4.78, 5) is 26.5. The molecule has 0 radical (unpaired) electrons. The van der Waals surface area contributed by atoms with Gasteiger partial charge >= 0.3 is 5.97 Å². The van der Waals surface area contributed by atoms with E-state index in [0.717, 1.165) is 103 Å². The largest absolute Gasteiger partial charge is 0.454 e. The molecule has 77 heavy (non-hydrogen) atoms. The highest BCUT2D eigenvalue weighted by molar-refractivity contribution is 5.80. The molecule has 440 valence electrons. The van der Waals surface area contributed by atoms with E-state index in [-0.39, 0.29) is 19.4 Å². The lowest BCUT2D eigenvalue weighted by atomic mass is 9.99. The molecule has 0 aromatic carbocycles. The minimum atomic E-state index is -1.64. The third kappa shape index (κ3) is 41.1. The Morgan fingerprint density at radius 3 is 1.36 bits per heavy atom. The summed E-state index contributed by atoms with van der Waals surface area (Å²) in [7, 11) is 0. The summed E-state index contributed by atoms with van der Waals surface area (Å²) in [5.41, 5.74) is 0. The molecule has 1 aliphatic heterocycles. The number of aliphatic hydroxyl groups is 5. The average Bonchev–Trinajstić information content (AvgIpc) is 3.43. The Morgan fingerprint density at radius 1 is 0.506 bits per heavy atom. The standard InChI is InChI=1S/C66H111NO10/c1-4-7-10-13-16-19-22-24-26-28-29-30-31-32-34-36-39-42-45-48-51-54-61(71)77-64-63(73)62(72)60(55-68)76-66(64)75-56-57(58(69)52-49-46-43-40-37-21-18-15-12-9-6-3)67-65(74)59(70)53-50-47-44-41-38-35-33-27-25-23-20-17-14-11-8-5-2/h16-17,19-20,24-27,29-30,32,34-35,38,44,47,49,52,57-60,62-64,66,68-70,72-73H,4-15,18,21-23,28,31,33,36-37,39-43,45-46,48,50-51,53-56H2,1-3H3,(H,67,74)/b19-16-,20-17-,26-24-,27-25-,30-29-,34-32-,38-35-,47-44-,52-49+. The Kier molecular flexibility index (Phi) is 49.1. The van der Waals surface area contributed by atoms with Crippen LogP contribution in [0.5, 0.6) is 0 Å². The number of allylic oxidation sites excluding steroid dienone is 17. The monoisotopic (exact) mass is 1080 g/mol. The summed E-state index contributed by atoms with van der Waals surface area (Å²) in [6, 6.07) is -1.06. The zero-order valence-electron chi connectivity index (χ0n) is 48.5. The number of aliphatic hydroxyl groups excluding tert-OH is 5. The minimum absolute atomic E-state index is 0.0900. The molecule has 1 saturated heterocycles. The van der Waals surface area contributed by atoms with Crippen LogP contribution in [0.25, 0.3) is 0 Å². The molecule has 1 aliphatic rings. The minimum Gasteiger partial charge on any atom is -0.454 e. The highest BCUT2D eigenvalue weighted by Crippen LogP contribution is 2.26. The summed E-state index contributed by atoms with van der Waals surface area (Å²) in [5, 5.41) is 56.8. The molecule has 0 aliphatic carbocycles. The summed E-state index contributed by atoms with van der Waals surface area (Å²) in [5.74, 6) is -1.28. The first-order valence-electron chi connectivity index (χ1n) is 30.7. The van der Waals surface area contributed by atoms with E-state index >= 15 is 0 Å². The summed E-state index contributed by atoms with van der Waals surface area (Å²) in [6.07, 6.45) is 61.3. The first-order valence-corrected chi connectivity index (χ1v) is 30.7. The molecule has 1 heterocycles. The Bertz CT molecular complexity index is 1660. The van der Waals surface area contributed by atoms with Crippen molar-refractivity contribution >= 4 is 11.9 Å². The second-order valence-corrected chi connectivity index (χ2v) is 20.7. The number of carbonyl (C=O) groups excluding carboxylic acids is 2. The van der Waals surface area contributed by atoms with Crippen molar-refractivity contribution in [3.05, 3.63) is 109 Å². The van der Waals surface area contributed by atoms with Gasteiger partial charge in [-0.15, -0.1) is 0 Å². The van der Waals surface area contributed by atoms with Gasteiger partial charge in [-0.3, -0.25) is 9.59 Å². The van der Waals surface area contributed by atoms with Crippen molar-refractivity contribution in [2.75, 3.05) is 13.2 Å². The highest BCUT2D eigenvalue weighted by Gasteiger charge is 2.47. The molecule has 0 aromatic heterocycles. The van der Waals surface area contributed by atoms with Crippen LogP contribution in [0, 0.1) is 0 Å². The first kappa shape index (κ1) is 71.3. The Hall–Kier alpha value is -3.68. The molecule has 6 N–H and O–H groups in total. The molecule has 1 fully saturated rings. The number of ether oxygens (including phenoxy) is 3. The maximum atomic E-state index is 13.4. The number of amides is 1. The van der Waals surface area contributed by atoms with E-state index in [9.17, 15) is 35.1 Å². The molecule has 0 aromatic rings. The second kappa shape index (κ2) is 53.0. The van der Waals surface area contributed by atoms with Crippen molar-refractivity contribution in [1.82, 2.24) is 5.32 Å². The molecule has 0 bridgehead atoms. The number of rotatable bonds is 50. The molecular formula is C66H111NO10. The quantitative estimate of drug-likeness (QED) is 0.0195. The lowest BCUT2D eigenvalue weighted by molar-refractivity contribution is -0.305. The van der Waals surface area contributed by atoms with Gasteiger partial charge in [0.1, 0.15) is 24.4 Å². The smallest absolute Gasteiger partial charge is 0.306 e. The SMILES string of the molecule is CCCCC/C=C\C/C=C\C/C=C\C/C=C\CCCCCCCC(=O)OC1C(OCC(NC(=O)C(O)CC/C=C\C/C=C\C/C=C\C/C=C\CCCCC)C(O)/C=C/CCCCCCCCCCC)OC(CO)C(O)C1O. The van der Waals surface area contributed by atoms with Gasteiger partial charge in [-0.25, -0.2) is 0 Å². The zero-order chi connectivity index (χ0) is 56.1. The van der Waals surface area contributed by atoms with Crippen LogP contribution in [-0.4, -0.2) is 99.6 Å². The predicted octanol–water partition coefficient (Wildman–Crippen LogP) is 14.5. The van der Waals surface area contributed by atoms with Crippen LogP contribution in [0.1, 0.15) is 233 Å². The van der Waals surface area contributed by atoms with E-state index < -0.39 is 67.4 Å². The Morgan fingerprint density at radius 2 is 0.896 bits per heavy atom. The van der Waals surface area contributed by atoms with E-state index in [1.807, 2.05) is 18.2 Å². The van der Waals surface area contributed by atoms with E-state index in [1.54, 1.807) is 6.08 Å². The number of esters is 1. The average molecular weight is 1080 g/mol. The fourth-order valence-corrected chi connectivity index (χ4v) is 8.74. The normalized spacial score (nSPS) is 19.8. The van der Waals surface area contributed by atoms with Crippen LogP contribution < -0.4 is 5.32 Å². The molecule has 0 spiro atoms. The van der Waals surface area contributed by atoms with Crippen molar-refractivity contribution in [1.29, 1.82) is 0 Å². The molecule has 1 amide bonds. The third-order valence-electron chi connectivity index (χ3n) is 13.7. The third-order valence-corrected chi connectivity index (χ3v) is 13.7. The van der Waals surface area contributed by atoms with E-state index in [1.165, 1.54) is 83.5 Å². The fourth-order valence-electron chi connectivity index (χ4n) is 8.74. The van der Waals surface area contributed by atoms with Crippen LogP contribution in [0.3, 0.4) is 0 Å². The molecule has 0 saturated carbocycles. The van der Waals surface area contributed by atoms with Gasteiger partial charge in [-0.2, -0.15) is 0 Å². The summed E-state index contributed by atoms with van der Waals surface area (Å²) in [6.45, 7) is 5.66. The lowest BCUT2D eigenvalue weighted by Crippen LogP contribution is -2.61. The Labute approximate surface area is 468 Å². The molecule has 8 unspecified atom stereocenters. The lowest BCUT2D eigenvalue weighted by Gasteiger charge is -2.41. The summed E-state index contributed by atoms with van der Waals surface area (Å²) >= 11 is 0. The van der Waals surface area contributed by atoms with Gasteiger partial charge in [-0.1, -0.05) is 226 Å². The highest BCUT2D eigenvalue weighted by atomic mass is 16.7. The molecule has 8 atom stereocenters. The number of nitrogens with one attached hydrogen (secondary N) is 1. The van der Waals surface area contributed by atoms with E-state index in [0.29, 0.717) is 12.8 Å². The molecular weight excluding hydrogens is 967 g/mol. The van der Waals surface area contributed by atoms with E-state index in [4.69, 9.17) is 14.2 Å². The van der Waals surface area contributed by atoms with Crippen molar-refractivity contribution < 1.29 is 49.3 Å². The van der Waals surface area contributed by atoms with Gasteiger partial charge in [0.25, 0.3) is 0 Å². The molecule has 11 heteroatoms. The number of hydrogen-bond acceptors (Lipinski definition) is 10. The number of unbranched alkanes of at least 4 members (excludes halogenated alkanes) is 20. The Balaban J connectivity index is 2.72. The van der Waals surface area contributed by atoms with Crippen LogP contribution in [0.4, 0.5) is 0 Å². The van der Waals surface area contributed by atoms with Gasteiger partial charge in [0.15, 0.2) is 12.4 Å². The fraction of sp³-hybridized carbons (Fsp3) is 0.697. The van der Waals surface area contributed by atoms with Gasteiger partial charge < -0.3 is 45.1 Å². The van der Waals surface area contributed by atoms with Crippen LogP contribution in [-0.2, 0) is 23.8 Å². The molecule has 1 rings (SSSR count). The van der Waals surface area contributed by atoms with Crippen molar-refractivity contribution in [3.8, 4) is 0 Å². The number of carbonyl (C=O) groups is 2. The van der Waals surface area contributed by atoms with Gasteiger partial charge in [0.2, 0.25) is 5.91 Å². The van der Waals surface area contributed by atoms with Crippen LogP contribution in [0.2, 0.25) is 0 Å². The van der Waals surface area contributed by atoms with Crippen LogP contribution in [0.15, 0.2) is 109 Å². The van der Waals surface area contributed by atoms with Gasteiger partial charge in [-0.05, 0) is 109 Å². The van der Waals surface area contributed by atoms with Crippen molar-refractivity contribution in [3.63, 3.8) is 0 Å². The topological polar surface area (TPSA) is 175 Å². The predicted molar refractivity (Wildman–Crippen MR) is 319 cm³/mol. The molecule has 11 nitrogen and oxygen atoms in total. The number of hydrogen-bond donors (Lipinski definition) is 6. The van der Waals surface area contributed by atoms with Crippen molar-refractivity contribution in [2.45, 2.75) is 282 Å². The maximum Gasteiger partial charge on any atom is 0.306 e. The summed E-state index contributed by atoms with van der Waals surface area (Å²) < 4.78 is 17.6. The van der Waals surface area contributed by atoms with Crippen LogP contribution >= 0.6 is 0 Å². The zero-order valence-corrected chi connectivity index (χ0v) is 48.5. The van der Waals surface area contributed by atoms with Gasteiger partial charge in [0.05, 0.1) is 25.4 Å². The van der Waals surface area contributed by atoms with Crippen molar-refractivity contribution in [2.24, 2.45) is 0 Å². The maximum absolute atomic E-state index is 13.4.